The quantitative estimate of drug-likeness (QED) is 0.179. The van der Waals surface area contributed by atoms with E-state index in [0.717, 1.165) is 25.5 Å². The van der Waals surface area contributed by atoms with E-state index in [1.54, 1.807) is 24.3 Å². The molecule has 0 saturated heterocycles. The zero-order valence-electron chi connectivity index (χ0n) is 26.3. The molecule has 0 aliphatic carbocycles. The van der Waals surface area contributed by atoms with Crippen molar-refractivity contribution < 1.29 is 27.5 Å². The molecule has 1 unspecified atom stereocenters. The Morgan fingerprint density at radius 3 is 2.15 bits per heavy atom. The van der Waals surface area contributed by atoms with Crippen LogP contribution in [0.15, 0.2) is 106 Å². The normalized spacial score (nSPS) is 11.8. The van der Waals surface area contributed by atoms with Crippen LogP contribution < -0.4 is 19.1 Å². The first-order valence-electron chi connectivity index (χ1n) is 14.7. The third kappa shape index (κ3) is 8.46. The number of carbonyl (C=O) groups excluding carboxylic acids is 2. The van der Waals surface area contributed by atoms with E-state index in [1.807, 2.05) is 68.4 Å². The Morgan fingerprint density at radius 1 is 0.870 bits per heavy atom. The lowest BCUT2D eigenvalue weighted by molar-refractivity contribution is -0.140. The number of methoxy groups -OCH3 is 2. The van der Waals surface area contributed by atoms with Gasteiger partial charge in [-0.2, -0.15) is 0 Å². The number of hydrogen-bond donors (Lipinski definition) is 1. The van der Waals surface area contributed by atoms with Gasteiger partial charge in [0.2, 0.25) is 11.8 Å². The first-order valence-corrected chi connectivity index (χ1v) is 17.0. The average molecular weight is 709 g/mol. The second-order valence-corrected chi connectivity index (χ2v) is 13.4. The van der Waals surface area contributed by atoms with Crippen molar-refractivity contribution in [2.45, 2.75) is 37.8 Å². The van der Waals surface area contributed by atoms with Crippen LogP contribution in [0.3, 0.4) is 0 Å². The summed E-state index contributed by atoms with van der Waals surface area (Å²) in [7, 11) is -1.41. The SMILES string of the molecule is CCNC(=O)C(Cc1ccccc1)N(Cc1ccc(Br)cc1)C(=O)CN(c1cc(OC)ccc1OC)S(=O)(=O)c1ccc(C)cc1. The van der Waals surface area contributed by atoms with Gasteiger partial charge < -0.3 is 19.7 Å². The Balaban J connectivity index is 1.85. The fourth-order valence-electron chi connectivity index (χ4n) is 4.97. The van der Waals surface area contributed by atoms with Crippen LogP contribution in [0.2, 0.25) is 0 Å². The zero-order chi connectivity index (χ0) is 33.3. The monoisotopic (exact) mass is 707 g/mol. The number of amides is 2. The van der Waals surface area contributed by atoms with Crippen LogP contribution in [-0.2, 0) is 32.6 Å². The van der Waals surface area contributed by atoms with Crippen LogP contribution in [-0.4, -0.2) is 58.5 Å². The van der Waals surface area contributed by atoms with Gasteiger partial charge in [0.25, 0.3) is 10.0 Å². The molecule has 0 fully saturated rings. The first kappa shape index (κ1) is 34.5. The lowest BCUT2D eigenvalue weighted by Crippen LogP contribution is -2.53. The van der Waals surface area contributed by atoms with Crippen molar-refractivity contribution in [1.82, 2.24) is 10.2 Å². The number of carbonyl (C=O) groups is 2. The number of nitrogens with one attached hydrogen (secondary N) is 1. The molecule has 2 amide bonds. The number of aryl methyl sites for hydroxylation is 1. The molecule has 0 radical (unpaired) electrons. The summed E-state index contributed by atoms with van der Waals surface area (Å²) in [6.45, 7) is 3.48. The smallest absolute Gasteiger partial charge is 0.264 e. The van der Waals surface area contributed by atoms with E-state index in [2.05, 4.69) is 21.2 Å². The highest BCUT2D eigenvalue weighted by Crippen LogP contribution is 2.36. The van der Waals surface area contributed by atoms with E-state index in [-0.39, 0.29) is 35.2 Å². The Morgan fingerprint density at radius 2 is 1.54 bits per heavy atom. The van der Waals surface area contributed by atoms with Crippen LogP contribution in [0.4, 0.5) is 5.69 Å². The predicted octanol–water partition coefficient (Wildman–Crippen LogP) is 5.75. The molecule has 1 atom stereocenters. The van der Waals surface area contributed by atoms with E-state index >= 15 is 0 Å². The van der Waals surface area contributed by atoms with Crippen molar-refractivity contribution in [2.24, 2.45) is 0 Å². The average Bonchev–Trinajstić information content (AvgIpc) is 3.06. The molecule has 0 aliphatic rings. The third-order valence-corrected chi connectivity index (χ3v) is 9.73. The van der Waals surface area contributed by atoms with Crippen molar-refractivity contribution in [3.05, 3.63) is 118 Å². The fourth-order valence-corrected chi connectivity index (χ4v) is 6.66. The number of anilines is 1. The molecule has 46 heavy (non-hydrogen) atoms. The summed E-state index contributed by atoms with van der Waals surface area (Å²) in [6.07, 6.45) is 0.224. The van der Waals surface area contributed by atoms with Gasteiger partial charge in [-0.05, 0) is 61.4 Å². The van der Waals surface area contributed by atoms with Gasteiger partial charge in [-0.1, -0.05) is 76.1 Å². The second-order valence-electron chi connectivity index (χ2n) is 10.6. The summed E-state index contributed by atoms with van der Waals surface area (Å²) < 4.78 is 41.5. The van der Waals surface area contributed by atoms with Crippen LogP contribution in [0, 0.1) is 6.92 Å². The van der Waals surface area contributed by atoms with E-state index < -0.39 is 28.5 Å². The topological polar surface area (TPSA) is 105 Å². The summed E-state index contributed by atoms with van der Waals surface area (Å²) in [5.41, 5.74) is 2.63. The Kier molecular flexibility index (Phi) is 11.8. The van der Waals surface area contributed by atoms with Crippen molar-refractivity contribution in [1.29, 1.82) is 0 Å². The van der Waals surface area contributed by atoms with Crippen LogP contribution in [0.25, 0.3) is 0 Å². The molecule has 0 saturated carbocycles. The number of likely N-dealkylation sites (N-methyl/N-ethyl adjacent to an activating group) is 1. The highest BCUT2D eigenvalue weighted by molar-refractivity contribution is 9.10. The van der Waals surface area contributed by atoms with Gasteiger partial charge in [-0.25, -0.2) is 8.42 Å². The summed E-state index contributed by atoms with van der Waals surface area (Å²) in [5.74, 6) is -0.309. The summed E-state index contributed by atoms with van der Waals surface area (Å²) in [6, 6.07) is 27.0. The highest BCUT2D eigenvalue weighted by atomic mass is 79.9. The highest BCUT2D eigenvalue weighted by Gasteiger charge is 2.35. The van der Waals surface area contributed by atoms with Gasteiger partial charge in [0.1, 0.15) is 24.1 Å². The fraction of sp³-hybridized carbons (Fsp3) is 0.257. The van der Waals surface area contributed by atoms with E-state index in [1.165, 1.54) is 37.3 Å². The van der Waals surface area contributed by atoms with Gasteiger partial charge in [-0.15, -0.1) is 0 Å². The Hall–Kier alpha value is -4.35. The summed E-state index contributed by atoms with van der Waals surface area (Å²) >= 11 is 3.45. The lowest BCUT2D eigenvalue weighted by atomic mass is 10.0. The molecule has 4 rings (SSSR count). The molecular weight excluding hydrogens is 670 g/mol. The van der Waals surface area contributed by atoms with Crippen LogP contribution >= 0.6 is 15.9 Å². The largest absolute Gasteiger partial charge is 0.497 e. The predicted molar refractivity (Wildman–Crippen MR) is 183 cm³/mol. The van der Waals surface area contributed by atoms with Crippen LogP contribution in [0.5, 0.6) is 11.5 Å². The molecule has 9 nitrogen and oxygen atoms in total. The summed E-state index contributed by atoms with van der Waals surface area (Å²) in [5, 5.41) is 2.87. The molecule has 0 bridgehead atoms. The second kappa shape index (κ2) is 15.8. The maximum atomic E-state index is 14.6. The molecule has 4 aromatic carbocycles. The first-order chi connectivity index (χ1) is 22.1. The van der Waals surface area contributed by atoms with Crippen LogP contribution in [0.1, 0.15) is 23.6 Å². The van der Waals surface area contributed by atoms with Crippen molar-refractivity contribution in [2.75, 3.05) is 31.6 Å². The molecule has 4 aromatic rings. The van der Waals surface area contributed by atoms with Crippen molar-refractivity contribution >= 4 is 43.5 Å². The third-order valence-electron chi connectivity index (χ3n) is 7.43. The number of sulfonamides is 1. The molecule has 1 N–H and O–H groups in total. The van der Waals surface area contributed by atoms with Crippen molar-refractivity contribution in [3.8, 4) is 11.5 Å². The van der Waals surface area contributed by atoms with Gasteiger partial charge in [-0.3, -0.25) is 13.9 Å². The number of hydrogen-bond acceptors (Lipinski definition) is 6. The molecule has 0 spiro atoms. The van der Waals surface area contributed by atoms with Gasteiger partial charge in [0.15, 0.2) is 0 Å². The van der Waals surface area contributed by atoms with E-state index in [4.69, 9.17) is 9.47 Å². The van der Waals surface area contributed by atoms with Crippen molar-refractivity contribution in [3.63, 3.8) is 0 Å². The molecule has 11 heteroatoms. The van der Waals surface area contributed by atoms with E-state index in [0.29, 0.717) is 12.3 Å². The van der Waals surface area contributed by atoms with Gasteiger partial charge in [0, 0.05) is 30.0 Å². The lowest BCUT2D eigenvalue weighted by Gasteiger charge is -2.34. The molecule has 242 valence electrons. The maximum Gasteiger partial charge on any atom is 0.264 e. The number of halogens is 1. The standard InChI is InChI=1S/C35H38BrN3O6S/c1-5-37-35(41)32(21-26-9-7-6-8-10-26)38(23-27-13-15-28(36)16-14-27)34(40)24-39(31-22-29(44-3)17-20-33(31)45-4)46(42,43)30-18-11-25(2)12-19-30/h6-20,22,32H,5,21,23-24H2,1-4H3,(H,37,41). The van der Waals surface area contributed by atoms with Gasteiger partial charge in [0.05, 0.1) is 24.8 Å². The Bertz CT molecular complexity index is 1730. The number of nitrogens with zero attached hydrogens (tertiary/aromatic N) is 2. The summed E-state index contributed by atoms with van der Waals surface area (Å²) in [4.78, 5) is 29.7. The molecular formula is C35H38BrN3O6S. The minimum Gasteiger partial charge on any atom is -0.497 e. The number of ether oxygens (including phenoxy) is 2. The minimum atomic E-state index is -4.31. The number of rotatable bonds is 14. The minimum absolute atomic E-state index is 0.000191. The van der Waals surface area contributed by atoms with E-state index in [9.17, 15) is 18.0 Å². The zero-order valence-corrected chi connectivity index (χ0v) is 28.7. The number of benzene rings is 4. The maximum absolute atomic E-state index is 14.6. The van der Waals surface area contributed by atoms with Gasteiger partial charge >= 0.3 is 0 Å². The molecule has 0 aromatic heterocycles. The molecule has 0 aliphatic heterocycles. The Labute approximate surface area is 279 Å². The molecule has 0 heterocycles.